The molecule has 1 aromatic rings. The van der Waals surface area contributed by atoms with E-state index in [0.29, 0.717) is 12.4 Å². The van der Waals surface area contributed by atoms with Gasteiger partial charge < -0.3 is 10.6 Å². The van der Waals surface area contributed by atoms with E-state index >= 15 is 0 Å². The van der Waals surface area contributed by atoms with Gasteiger partial charge in [-0.05, 0) is 37.3 Å². The second-order valence-corrected chi connectivity index (χ2v) is 5.58. The first-order valence-electron chi connectivity index (χ1n) is 6.56. The maximum Gasteiger partial charge on any atom is 0.311 e. The van der Waals surface area contributed by atoms with Gasteiger partial charge in [0, 0.05) is 25.4 Å². The summed E-state index contributed by atoms with van der Waals surface area (Å²) in [7, 11) is 0. The molecule has 1 unspecified atom stereocenters. The molecule has 104 valence electrons. The van der Waals surface area contributed by atoms with Gasteiger partial charge in [-0.25, -0.2) is 4.98 Å². The van der Waals surface area contributed by atoms with E-state index in [0.717, 1.165) is 31.5 Å². The van der Waals surface area contributed by atoms with E-state index in [9.17, 15) is 10.1 Å². The third kappa shape index (κ3) is 3.41. The number of anilines is 1. The van der Waals surface area contributed by atoms with Crippen molar-refractivity contribution in [3.8, 4) is 0 Å². The summed E-state index contributed by atoms with van der Waals surface area (Å²) in [6, 6.07) is 1.55. The Morgan fingerprint density at radius 2 is 2.42 bits per heavy atom. The Bertz CT molecular complexity index is 470. The molecular formula is C13H20N4O2. The molecule has 6 heteroatoms. The largest absolute Gasteiger partial charge is 0.364 e. The molecule has 2 heterocycles. The number of hydrogen-bond donors (Lipinski definition) is 2. The lowest BCUT2D eigenvalue weighted by molar-refractivity contribution is -0.384. The molecule has 6 nitrogen and oxygen atoms in total. The van der Waals surface area contributed by atoms with Crippen molar-refractivity contribution in [3.63, 3.8) is 0 Å². The molecule has 19 heavy (non-hydrogen) atoms. The number of aromatic nitrogens is 1. The van der Waals surface area contributed by atoms with Gasteiger partial charge in [-0.3, -0.25) is 10.1 Å². The van der Waals surface area contributed by atoms with Crippen LogP contribution in [0.5, 0.6) is 0 Å². The lowest BCUT2D eigenvalue weighted by Crippen LogP contribution is -2.42. The van der Waals surface area contributed by atoms with Crippen LogP contribution in [-0.4, -0.2) is 29.5 Å². The van der Waals surface area contributed by atoms with Gasteiger partial charge in [-0.1, -0.05) is 6.92 Å². The standard InChI is InChI=1S/C13H20N4O2/c1-10-6-11(17(18)19)12(15-7-10)16-9-13(2)4-3-5-14-8-13/h6-7,14H,3-5,8-9H2,1-2H3,(H,15,16). The molecule has 0 aromatic carbocycles. The number of nitro groups is 1. The molecule has 0 bridgehead atoms. The van der Waals surface area contributed by atoms with Crippen molar-refractivity contribution < 1.29 is 4.92 Å². The van der Waals surface area contributed by atoms with Crippen LogP contribution in [0.2, 0.25) is 0 Å². The van der Waals surface area contributed by atoms with Crippen molar-refractivity contribution in [2.45, 2.75) is 26.7 Å². The zero-order valence-corrected chi connectivity index (χ0v) is 11.4. The third-order valence-corrected chi connectivity index (χ3v) is 3.57. The highest BCUT2D eigenvalue weighted by Gasteiger charge is 2.27. The number of nitrogens with one attached hydrogen (secondary N) is 2. The van der Waals surface area contributed by atoms with Gasteiger partial charge in [0.15, 0.2) is 0 Å². The maximum absolute atomic E-state index is 11.0. The van der Waals surface area contributed by atoms with E-state index < -0.39 is 0 Å². The average Bonchev–Trinajstić information content (AvgIpc) is 2.38. The van der Waals surface area contributed by atoms with E-state index in [4.69, 9.17) is 0 Å². The van der Waals surface area contributed by atoms with Crippen LogP contribution in [0, 0.1) is 22.5 Å². The van der Waals surface area contributed by atoms with Crippen LogP contribution in [0.3, 0.4) is 0 Å². The first-order valence-corrected chi connectivity index (χ1v) is 6.56. The highest BCUT2D eigenvalue weighted by Crippen LogP contribution is 2.28. The second-order valence-electron chi connectivity index (χ2n) is 5.58. The van der Waals surface area contributed by atoms with Crippen molar-refractivity contribution >= 4 is 11.5 Å². The van der Waals surface area contributed by atoms with E-state index in [1.165, 1.54) is 0 Å². The van der Waals surface area contributed by atoms with Gasteiger partial charge in [0.1, 0.15) is 0 Å². The van der Waals surface area contributed by atoms with Crippen molar-refractivity contribution in [3.05, 3.63) is 27.9 Å². The summed E-state index contributed by atoms with van der Waals surface area (Å²) in [5.74, 6) is 0.363. The summed E-state index contributed by atoms with van der Waals surface area (Å²) in [6.45, 7) is 6.66. The molecular weight excluding hydrogens is 244 g/mol. The second kappa shape index (κ2) is 5.52. The van der Waals surface area contributed by atoms with E-state index in [1.807, 2.05) is 0 Å². The maximum atomic E-state index is 11.0. The zero-order chi connectivity index (χ0) is 13.9. The molecule has 1 fully saturated rings. The minimum Gasteiger partial charge on any atom is -0.364 e. The fraction of sp³-hybridized carbons (Fsp3) is 0.615. The summed E-state index contributed by atoms with van der Waals surface area (Å²) in [4.78, 5) is 14.8. The molecule has 1 atom stereocenters. The lowest BCUT2D eigenvalue weighted by Gasteiger charge is -2.34. The normalized spacial score (nSPS) is 23.1. The van der Waals surface area contributed by atoms with E-state index in [-0.39, 0.29) is 16.0 Å². The first kappa shape index (κ1) is 13.7. The minimum atomic E-state index is -0.385. The monoisotopic (exact) mass is 264 g/mol. The third-order valence-electron chi connectivity index (χ3n) is 3.57. The molecule has 0 radical (unpaired) electrons. The van der Waals surface area contributed by atoms with Crippen molar-refractivity contribution in [2.75, 3.05) is 25.0 Å². The predicted molar refractivity (Wildman–Crippen MR) is 74.3 cm³/mol. The summed E-state index contributed by atoms with van der Waals surface area (Å²) >= 11 is 0. The number of rotatable bonds is 4. The molecule has 1 aliphatic rings. The van der Waals surface area contributed by atoms with E-state index in [2.05, 4.69) is 22.5 Å². The molecule has 0 amide bonds. The summed E-state index contributed by atoms with van der Waals surface area (Å²) in [6.07, 6.45) is 3.91. The van der Waals surface area contributed by atoms with Crippen LogP contribution in [0.15, 0.2) is 12.3 Å². The number of nitrogens with zero attached hydrogens (tertiary/aromatic N) is 2. The summed E-state index contributed by atoms with van der Waals surface area (Å²) in [5.41, 5.74) is 0.966. The number of pyridine rings is 1. The Kier molecular flexibility index (Phi) is 3.99. The highest BCUT2D eigenvalue weighted by molar-refractivity contribution is 5.56. The summed E-state index contributed by atoms with van der Waals surface area (Å²) < 4.78 is 0. The molecule has 0 spiro atoms. The van der Waals surface area contributed by atoms with Crippen LogP contribution in [-0.2, 0) is 0 Å². The Labute approximate surface area is 112 Å². The summed E-state index contributed by atoms with van der Waals surface area (Å²) in [5, 5.41) is 17.5. The van der Waals surface area contributed by atoms with Crippen molar-refractivity contribution in [1.82, 2.24) is 10.3 Å². The van der Waals surface area contributed by atoms with Gasteiger partial charge in [0.2, 0.25) is 5.82 Å². The zero-order valence-electron chi connectivity index (χ0n) is 11.4. The molecule has 2 rings (SSSR count). The lowest BCUT2D eigenvalue weighted by atomic mass is 9.83. The van der Waals surface area contributed by atoms with Gasteiger partial charge in [0.05, 0.1) is 4.92 Å². The fourth-order valence-corrected chi connectivity index (χ4v) is 2.40. The SMILES string of the molecule is Cc1cnc(NCC2(C)CCCNC2)c([N+](=O)[O-])c1. The Balaban J connectivity index is 2.08. The number of aryl methyl sites for hydroxylation is 1. The average molecular weight is 264 g/mol. The van der Waals surface area contributed by atoms with Gasteiger partial charge in [-0.15, -0.1) is 0 Å². The van der Waals surface area contributed by atoms with Crippen LogP contribution in [0.4, 0.5) is 11.5 Å². The molecule has 0 aliphatic carbocycles. The van der Waals surface area contributed by atoms with Gasteiger partial charge in [-0.2, -0.15) is 0 Å². The topological polar surface area (TPSA) is 80.1 Å². The van der Waals surface area contributed by atoms with Crippen LogP contribution in [0.1, 0.15) is 25.3 Å². The molecule has 1 aliphatic heterocycles. The number of hydrogen-bond acceptors (Lipinski definition) is 5. The number of piperidine rings is 1. The minimum absolute atomic E-state index is 0.0485. The van der Waals surface area contributed by atoms with Crippen molar-refractivity contribution in [1.29, 1.82) is 0 Å². The van der Waals surface area contributed by atoms with Gasteiger partial charge in [0.25, 0.3) is 0 Å². The molecule has 1 aromatic heterocycles. The van der Waals surface area contributed by atoms with Crippen LogP contribution in [0.25, 0.3) is 0 Å². The Morgan fingerprint density at radius 1 is 1.63 bits per heavy atom. The predicted octanol–water partition coefficient (Wildman–Crippen LogP) is 2.10. The quantitative estimate of drug-likeness (QED) is 0.643. The molecule has 1 saturated heterocycles. The molecule has 2 N–H and O–H groups in total. The Hall–Kier alpha value is -1.69. The van der Waals surface area contributed by atoms with Crippen LogP contribution >= 0.6 is 0 Å². The Morgan fingerprint density at radius 3 is 3.05 bits per heavy atom. The first-order chi connectivity index (χ1) is 9.00. The van der Waals surface area contributed by atoms with E-state index in [1.54, 1.807) is 19.2 Å². The smallest absolute Gasteiger partial charge is 0.311 e. The van der Waals surface area contributed by atoms with Crippen LogP contribution < -0.4 is 10.6 Å². The van der Waals surface area contributed by atoms with Gasteiger partial charge >= 0.3 is 5.69 Å². The fourth-order valence-electron chi connectivity index (χ4n) is 2.40. The highest BCUT2D eigenvalue weighted by atomic mass is 16.6. The molecule has 0 saturated carbocycles. The van der Waals surface area contributed by atoms with Crippen molar-refractivity contribution in [2.24, 2.45) is 5.41 Å².